The van der Waals surface area contributed by atoms with Crippen molar-refractivity contribution in [2.45, 2.75) is 13.0 Å². The molecule has 1 atom stereocenters. The van der Waals surface area contributed by atoms with E-state index in [1.54, 1.807) is 19.1 Å². The van der Waals surface area contributed by atoms with Gasteiger partial charge >= 0.3 is 0 Å². The van der Waals surface area contributed by atoms with Gasteiger partial charge in [0.25, 0.3) is 16.9 Å². The van der Waals surface area contributed by atoms with E-state index >= 15 is 0 Å². The molecule has 6 nitrogen and oxygen atoms in total. The summed E-state index contributed by atoms with van der Waals surface area (Å²) in [5, 5.41) is 1.63. The highest BCUT2D eigenvalue weighted by Crippen LogP contribution is 2.34. The minimum absolute atomic E-state index is 0.355. The van der Waals surface area contributed by atoms with E-state index in [0.717, 1.165) is 16.3 Å². The molecule has 0 radical (unpaired) electrons. The first-order valence-corrected chi connectivity index (χ1v) is 7.73. The van der Waals surface area contributed by atoms with Crippen LogP contribution in [0.4, 0.5) is 0 Å². The number of thiol groups is 1. The van der Waals surface area contributed by atoms with Crippen molar-refractivity contribution in [1.82, 2.24) is 4.98 Å². The SMILES string of the molecule is CC(O[SH](=O)=O)c1ccc(C(N)=O)c2[nH]c3ccccc3c12. The van der Waals surface area contributed by atoms with Crippen LogP contribution in [0.5, 0.6) is 0 Å². The number of H-pyrrole nitrogens is 1. The molecule has 2 aromatic carbocycles. The highest BCUT2D eigenvalue weighted by molar-refractivity contribution is 7.67. The minimum Gasteiger partial charge on any atom is -0.366 e. The van der Waals surface area contributed by atoms with Gasteiger partial charge in [-0.1, -0.05) is 24.3 Å². The van der Waals surface area contributed by atoms with Gasteiger partial charge in [-0.15, -0.1) is 0 Å². The summed E-state index contributed by atoms with van der Waals surface area (Å²) < 4.78 is 26.5. The van der Waals surface area contributed by atoms with Crippen LogP contribution in [-0.4, -0.2) is 19.3 Å². The molecule has 0 saturated heterocycles. The van der Waals surface area contributed by atoms with Gasteiger partial charge < -0.3 is 10.7 Å². The molecule has 114 valence electrons. The van der Waals surface area contributed by atoms with Crippen LogP contribution in [0.15, 0.2) is 36.4 Å². The fourth-order valence-corrected chi connectivity index (χ4v) is 3.09. The third kappa shape index (κ3) is 2.34. The zero-order valence-electron chi connectivity index (χ0n) is 11.7. The van der Waals surface area contributed by atoms with Crippen LogP contribution in [0, 0.1) is 0 Å². The largest absolute Gasteiger partial charge is 0.366 e. The number of nitrogens with two attached hydrogens (primary N) is 1. The zero-order valence-corrected chi connectivity index (χ0v) is 12.6. The third-order valence-corrected chi connectivity index (χ3v) is 4.13. The van der Waals surface area contributed by atoms with Crippen LogP contribution < -0.4 is 5.73 Å². The molecule has 0 aliphatic carbocycles. The molecule has 0 bridgehead atoms. The van der Waals surface area contributed by atoms with E-state index in [9.17, 15) is 13.2 Å². The van der Waals surface area contributed by atoms with E-state index in [-0.39, 0.29) is 0 Å². The predicted octanol–water partition coefficient (Wildman–Crippen LogP) is 2.02. The minimum atomic E-state index is -2.97. The van der Waals surface area contributed by atoms with E-state index in [2.05, 4.69) is 4.98 Å². The van der Waals surface area contributed by atoms with Crippen LogP contribution in [0.3, 0.4) is 0 Å². The fourth-order valence-electron chi connectivity index (χ4n) is 2.71. The topological polar surface area (TPSA) is 102 Å². The predicted molar refractivity (Wildman–Crippen MR) is 84.1 cm³/mol. The Morgan fingerprint density at radius 3 is 2.64 bits per heavy atom. The Morgan fingerprint density at radius 2 is 1.95 bits per heavy atom. The van der Waals surface area contributed by atoms with Gasteiger partial charge in [-0.05, 0) is 24.6 Å². The lowest BCUT2D eigenvalue weighted by molar-refractivity contribution is 0.100. The molecule has 0 fully saturated rings. The normalized spacial score (nSPS) is 13.0. The molecular formula is C15H14N2O4S. The Morgan fingerprint density at radius 1 is 1.23 bits per heavy atom. The summed E-state index contributed by atoms with van der Waals surface area (Å²) in [7, 11) is -2.97. The Labute approximate surface area is 128 Å². The molecule has 0 aliphatic heterocycles. The maximum absolute atomic E-state index is 11.6. The van der Waals surface area contributed by atoms with Gasteiger partial charge in [0.15, 0.2) is 0 Å². The first-order chi connectivity index (χ1) is 10.5. The Kier molecular flexibility index (Phi) is 3.59. The van der Waals surface area contributed by atoms with Gasteiger partial charge in [-0.2, -0.15) is 0 Å². The van der Waals surface area contributed by atoms with Gasteiger partial charge in [0.1, 0.15) is 0 Å². The van der Waals surface area contributed by atoms with E-state index in [4.69, 9.17) is 9.92 Å². The van der Waals surface area contributed by atoms with Crippen molar-refractivity contribution in [3.8, 4) is 0 Å². The quantitative estimate of drug-likeness (QED) is 0.640. The van der Waals surface area contributed by atoms with E-state index in [1.165, 1.54) is 0 Å². The van der Waals surface area contributed by atoms with Crippen molar-refractivity contribution in [1.29, 1.82) is 0 Å². The number of hydrogen-bond acceptors (Lipinski definition) is 4. The molecule has 1 unspecified atom stereocenters. The monoisotopic (exact) mass is 318 g/mol. The molecule has 22 heavy (non-hydrogen) atoms. The second kappa shape index (κ2) is 5.43. The molecule has 3 N–H and O–H groups in total. The summed E-state index contributed by atoms with van der Waals surface area (Å²) in [6.07, 6.45) is -0.662. The Balaban J connectivity index is 2.38. The highest BCUT2D eigenvalue weighted by atomic mass is 32.2. The van der Waals surface area contributed by atoms with Crippen LogP contribution in [0.1, 0.15) is 28.9 Å². The van der Waals surface area contributed by atoms with Gasteiger partial charge in [0, 0.05) is 16.3 Å². The molecule has 1 heterocycles. The molecule has 3 aromatic rings. The number of nitrogens with one attached hydrogen (secondary N) is 1. The van der Waals surface area contributed by atoms with Crippen molar-refractivity contribution in [3.63, 3.8) is 0 Å². The lowest BCUT2D eigenvalue weighted by Crippen LogP contribution is -2.12. The standard InChI is InChI=1S/C15H14N2O4S/c1-8(21-22(19)20)9-6-7-11(15(16)18)14-13(9)10-4-2-3-5-12(10)17-14/h2-8,17,22H,1H3,(H2,16,18). The van der Waals surface area contributed by atoms with Gasteiger partial charge in [-0.3, -0.25) is 8.98 Å². The number of benzene rings is 2. The van der Waals surface area contributed by atoms with E-state index in [0.29, 0.717) is 16.6 Å². The summed E-state index contributed by atoms with van der Waals surface area (Å²) in [6, 6.07) is 10.8. The molecule has 0 aliphatic rings. The summed E-state index contributed by atoms with van der Waals surface area (Å²) in [6.45, 7) is 1.64. The Bertz CT molecular complexity index is 951. The zero-order chi connectivity index (χ0) is 15.9. The molecular weight excluding hydrogens is 304 g/mol. The molecule has 1 aromatic heterocycles. The number of rotatable bonds is 4. The summed E-state index contributed by atoms with van der Waals surface area (Å²) in [4.78, 5) is 14.8. The molecule has 0 spiro atoms. The number of primary amides is 1. The lowest BCUT2D eigenvalue weighted by Gasteiger charge is -2.12. The maximum Gasteiger partial charge on any atom is 0.257 e. The van der Waals surface area contributed by atoms with Crippen molar-refractivity contribution in [2.75, 3.05) is 0 Å². The number of aromatic nitrogens is 1. The van der Waals surface area contributed by atoms with Crippen LogP contribution in [0.2, 0.25) is 0 Å². The number of carbonyl (C=O) groups excluding carboxylic acids is 1. The third-order valence-electron chi connectivity index (χ3n) is 3.64. The molecule has 7 heteroatoms. The number of amides is 1. The van der Waals surface area contributed by atoms with Gasteiger partial charge in [0.05, 0.1) is 17.2 Å². The Hall–Kier alpha value is -2.38. The number of para-hydroxylation sites is 1. The summed E-state index contributed by atoms with van der Waals surface area (Å²) in [5.74, 6) is -0.549. The smallest absolute Gasteiger partial charge is 0.257 e. The first kappa shape index (κ1) is 14.6. The molecule has 0 saturated carbocycles. The van der Waals surface area contributed by atoms with Crippen LogP contribution in [-0.2, 0) is 15.2 Å². The average Bonchev–Trinajstić information content (AvgIpc) is 2.84. The number of carbonyl (C=O) groups is 1. The highest BCUT2D eigenvalue weighted by Gasteiger charge is 2.19. The first-order valence-electron chi connectivity index (χ1n) is 6.63. The molecule has 1 amide bonds. The number of hydrogen-bond donors (Lipinski definition) is 3. The average molecular weight is 318 g/mol. The van der Waals surface area contributed by atoms with Crippen LogP contribution in [0.25, 0.3) is 21.8 Å². The summed E-state index contributed by atoms with van der Waals surface area (Å²) in [5.41, 5.74) is 7.88. The fraction of sp³-hybridized carbons (Fsp3) is 0.133. The van der Waals surface area contributed by atoms with Gasteiger partial charge in [-0.25, -0.2) is 8.42 Å². The lowest BCUT2D eigenvalue weighted by atomic mass is 9.99. The molecule has 3 rings (SSSR count). The van der Waals surface area contributed by atoms with E-state index < -0.39 is 23.0 Å². The number of fused-ring (bicyclic) bond motifs is 3. The number of aromatic amines is 1. The van der Waals surface area contributed by atoms with E-state index in [1.807, 2.05) is 24.3 Å². The second-order valence-electron chi connectivity index (χ2n) is 4.96. The van der Waals surface area contributed by atoms with Crippen molar-refractivity contribution < 1.29 is 17.4 Å². The maximum atomic E-state index is 11.6. The van der Waals surface area contributed by atoms with Crippen molar-refractivity contribution >= 4 is 38.7 Å². The summed E-state index contributed by atoms with van der Waals surface area (Å²) >= 11 is 0. The van der Waals surface area contributed by atoms with Crippen molar-refractivity contribution in [3.05, 3.63) is 47.5 Å². The second-order valence-corrected chi connectivity index (χ2v) is 5.62. The van der Waals surface area contributed by atoms with Crippen molar-refractivity contribution in [2.24, 2.45) is 5.73 Å². The van der Waals surface area contributed by atoms with Crippen LogP contribution >= 0.6 is 0 Å². The van der Waals surface area contributed by atoms with Gasteiger partial charge in [0.2, 0.25) is 0 Å².